The van der Waals surface area contributed by atoms with E-state index in [0.717, 1.165) is 22.6 Å². The van der Waals surface area contributed by atoms with Crippen LogP contribution in [0.3, 0.4) is 0 Å². The zero-order valence-electron chi connectivity index (χ0n) is 15.5. The standard InChI is InChI=1S/C18H19NO3S2.H3O4P/c1-19-11-8-10(9-12(19)17-16(11)22-17)21-18(20)15(13-4-2-6-23-13)14-5-3-7-24-14;1-5(2,3)4/h2-7,10-12,15-17H,8-9H2,1H3;(H3,1,2,3,4). The van der Waals surface area contributed by atoms with Crippen LogP contribution in [0.4, 0.5) is 0 Å². The molecule has 4 atom stereocenters. The minimum Gasteiger partial charge on any atom is -0.461 e. The molecule has 0 radical (unpaired) electrons. The molecule has 2 aromatic heterocycles. The minimum absolute atomic E-state index is 0.0162. The predicted octanol–water partition coefficient (Wildman–Crippen LogP) is 2.17. The highest BCUT2D eigenvalue weighted by Gasteiger charge is 2.62. The lowest BCUT2D eigenvalue weighted by Gasteiger charge is -2.38. The fourth-order valence-electron chi connectivity index (χ4n) is 4.31. The van der Waals surface area contributed by atoms with Crippen LogP contribution >= 0.6 is 30.5 Å². The fourth-order valence-corrected chi connectivity index (χ4v) is 6.05. The Balaban J connectivity index is 0.000000369. The molecule has 3 aliphatic heterocycles. The number of carbonyl (C=O) groups is 1. The predicted molar refractivity (Wildman–Crippen MR) is 108 cm³/mol. The van der Waals surface area contributed by atoms with Crippen molar-refractivity contribution < 1.29 is 33.5 Å². The van der Waals surface area contributed by atoms with Gasteiger partial charge in [0.25, 0.3) is 0 Å². The number of rotatable bonds is 4. The van der Waals surface area contributed by atoms with Crippen LogP contribution in [0.25, 0.3) is 0 Å². The van der Waals surface area contributed by atoms with Crippen molar-refractivity contribution in [1.82, 2.24) is 4.90 Å². The maximum atomic E-state index is 13.0. The van der Waals surface area contributed by atoms with Crippen LogP contribution < -0.4 is 0 Å². The molecule has 5 heterocycles. The Morgan fingerprint density at radius 3 is 2.03 bits per heavy atom. The van der Waals surface area contributed by atoms with E-state index < -0.39 is 7.82 Å². The summed E-state index contributed by atoms with van der Waals surface area (Å²) in [5.74, 6) is -0.392. The van der Waals surface area contributed by atoms with Crippen LogP contribution in [0.1, 0.15) is 28.5 Å². The molecule has 3 N–H and O–H groups in total. The van der Waals surface area contributed by atoms with Crippen LogP contribution in [0.15, 0.2) is 35.0 Å². The monoisotopic (exact) mass is 459 g/mol. The summed E-state index contributed by atoms with van der Waals surface area (Å²) in [7, 11) is -2.47. The van der Waals surface area contributed by atoms with Crippen LogP contribution in [0.5, 0.6) is 0 Å². The third-order valence-electron chi connectivity index (χ3n) is 5.55. The van der Waals surface area contributed by atoms with Gasteiger partial charge in [-0.15, -0.1) is 22.7 Å². The lowest BCUT2D eigenvalue weighted by Crippen LogP contribution is -2.48. The summed E-state index contributed by atoms with van der Waals surface area (Å²) in [6.07, 6.45) is 2.54. The molecule has 8 nitrogen and oxygen atoms in total. The van der Waals surface area contributed by atoms with Crippen LogP contribution in [-0.2, 0) is 18.8 Å². The second-order valence-corrected chi connectivity index (χ2v) is 10.4. The molecule has 11 heteroatoms. The first-order chi connectivity index (χ1) is 13.7. The number of fused-ring (bicyclic) bond motifs is 5. The Hall–Kier alpha value is -1.10. The molecule has 4 unspecified atom stereocenters. The number of esters is 1. The average molecular weight is 459 g/mol. The van der Waals surface area contributed by atoms with E-state index in [1.54, 1.807) is 22.7 Å². The molecule has 29 heavy (non-hydrogen) atoms. The van der Waals surface area contributed by atoms with E-state index in [4.69, 9.17) is 28.7 Å². The number of nitrogens with zero attached hydrogens (tertiary/aromatic N) is 1. The van der Waals surface area contributed by atoms with Crippen molar-refractivity contribution >= 4 is 36.5 Å². The Morgan fingerprint density at radius 1 is 1.14 bits per heavy atom. The maximum absolute atomic E-state index is 13.0. The summed E-state index contributed by atoms with van der Waals surface area (Å²) in [5, 5.41) is 4.04. The Kier molecular flexibility index (Phi) is 5.98. The van der Waals surface area contributed by atoms with E-state index in [0.29, 0.717) is 24.3 Å². The number of hydrogen-bond donors (Lipinski definition) is 3. The van der Waals surface area contributed by atoms with Gasteiger partial charge in [-0.25, -0.2) is 4.57 Å². The van der Waals surface area contributed by atoms with E-state index in [1.165, 1.54) is 0 Å². The van der Waals surface area contributed by atoms with Crippen LogP contribution in [-0.4, -0.2) is 63.0 Å². The van der Waals surface area contributed by atoms with E-state index in [-0.39, 0.29) is 18.0 Å². The lowest BCUT2D eigenvalue weighted by molar-refractivity contribution is -0.154. The number of carbonyl (C=O) groups excluding carboxylic acids is 1. The normalized spacial score (nSPS) is 30.4. The van der Waals surface area contributed by atoms with Gasteiger partial charge in [-0.3, -0.25) is 9.69 Å². The molecule has 0 spiro atoms. The largest absolute Gasteiger partial charge is 0.466 e. The summed E-state index contributed by atoms with van der Waals surface area (Å²) >= 11 is 3.24. The lowest BCUT2D eigenvalue weighted by atomic mass is 9.99. The highest BCUT2D eigenvalue weighted by atomic mass is 32.1. The van der Waals surface area contributed by atoms with Gasteiger partial charge in [0.2, 0.25) is 0 Å². The van der Waals surface area contributed by atoms with Crippen LogP contribution in [0, 0.1) is 0 Å². The molecule has 0 saturated carbocycles. The highest BCUT2D eigenvalue weighted by Crippen LogP contribution is 2.48. The van der Waals surface area contributed by atoms with Gasteiger partial charge in [0, 0.05) is 34.7 Å². The quantitative estimate of drug-likeness (QED) is 0.362. The van der Waals surface area contributed by atoms with Crippen molar-refractivity contribution in [3.8, 4) is 0 Å². The van der Waals surface area contributed by atoms with Gasteiger partial charge >= 0.3 is 13.8 Å². The molecule has 3 saturated heterocycles. The number of epoxide rings is 1. The van der Waals surface area contributed by atoms with E-state index in [9.17, 15) is 4.79 Å². The highest BCUT2D eigenvalue weighted by molar-refractivity contribution is 7.45. The van der Waals surface area contributed by atoms with Gasteiger partial charge in [-0.2, -0.15) is 0 Å². The van der Waals surface area contributed by atoms with E-state index in [2.05, 4.69) is 11.9 Å². The third kappa shape index (κ3) is 4.81. The van der Waals surface area contributed by atoms with Gasteiger partial charge < -0.3 is 24.2 Å². The van der Waals surface area contributed by atoms with E-state index >= 15 is 0 Å². The van der Waals surface area contributed by atoms with Crippen molar-refractivity contribution in [3.63, 3.8) is 0 Å². The van der Waals surface area contributed by atoms with Gasteiger partial charge in [0.15, 0.2) is 0 Å². The van der Waals surface area contributed by atoms with Crippen molar-refractivity contribution in [2.75, 3.05) is 7.05 Å². The van der Waals surface area contributed by atoms with Crippen LogP contribution in [0.2, 0.25) is 0 Å². The Labute approximate surface area is 175 Å². The minimum atomic E-state index is -4.64. The first kappa shape index (κ1) is 21.1. The molecule has 0 amide bonds. The molecule has 3 fully saturated rings. The Morgan fingerprint density at radius 2 is 1.62 bits per heavy atom. The van der Waals surface area contributed by atoms with Gasteiger partial charge in [0.1, 0.15) is 24.2 Å². The average Bonchev–Trinajstić information content (AvgIpc) is 2.95. The molecule has 3 aliphatic rings. The third-order valence-corrected chi connectivity index (χ3v) is 7.42. The van der Waals surface area contributed by atoms with Gasteiger partial charge in [-0.1, -0.05) is 12.1 Å². The van der Waals surface area contributed by atoms with E-state index in [1.807, 2.05) is 35.0 Å². The zero-order valence-corrected chi connectivity index (χ0v) is 18.1. The SMILES string of the molecule is CN1C2CC(OC(=O)C(c3cccs3)c3cccs3)CC1C1OC12.O=P(O)(O)O. The topological polar surface area (TPSA) is 120 Å². The number of morpholine rings is 1. The number of likely N-dealkylation sites (N-methyl/N-ethyl adjacent to an activating group) is 1. The molecular weight excluding hydrogens is 437 g/mol. The van der Waals surface area contributed by atoms with Crippen molar-refractivity contribution in [2.45, 2.75) is 49.2 Å². The summed E-state index contributed by atoms with van der Waals surface area (Å²) in [6.45, 7) is 0. The fraction of sp³-hybridized carbons (Fsp3) is 0.500. The second-order valence-electron chi connectivity index (χ2n) is 7.37. The zero-order chi connectivity index (χ0) is 20.8. The molecule has 5 rings (SSSR count). The molecule has 2 bridgehead atoms. The number of hydrogen-bond acceptors (Lipinski definition) is 7. The maximum Gasteiger partial charge on any atom is 0.466 e. The number of ether oxygens (including phenoxy) is 2. The first-order valence-corrected chi connectivity index (χ1v) is 12.5. The van der Waals surface area contributed by atoms with Crippen molar-refractivity contribution in [1.29, 1.82) is 0 Å². The number of phosphoric acid groups is 1. The molecule has 0 aliphatic carbocycles. The molecular formula is C18H22NO7PS2. The summed E-state index contributed by atoms with van der Waals surface area (Å²) in [5.41, 5.74) is 0. The summed E-state index contributed by atoms with van der Waals surface area (Å²) in [6, 6.07) is 8.86. The van der Waals surface area contributed by atoms with Gasteiger partial charge in [-0.05, 0) is 29.9 Å². The smallest absolute Gasteiger partial charge is 0.461 e. The second kappa shape index (κ2) is 8.20. The number of thiophene rings is 2. The summed E-state index contributed by atoms with van der Waals surface area (Å²) in [4.78, 5) is 39.1. The van der Waals surface area contributed by atoms with Crippen molar-refractivity contribution in [3.05, 3.63) is 44.8 Å². The summed E-state index contributed by atoms with van der Waals surface area (Å²) < 4.78 is 20.6. The molecule has 2 aromatic rings. The molecule has 0 aromatic carbocycles. The van der Waals surface area contributed by atoms with Gasteiger partial charge in [0.05, 0.1) is 0 Å². The number of piperidine rings is 1. The molecule has 158 valence electrons. The Bertz CT molecular complexity index is 824. The van der Waals surface area contributed by atoms with Crippen molar-refractivity contribution in [2.24, 2.45) is 0 Å². The first-order valence-electron chi connectivity index (χ1n) is 9.15.